The SMILES string of the molecule is CN(Cc1ccccc1NC(=O)N1CCC(C(=O)O)C1)c1ccccc1. The number of benzene rings is 2. The lowest BCUT2D eigenvalue weighted by molar-refractivity contribution is -0.141. The Kier molecular flexibility index (Phi) is 5.41. The topological polar surface area (TPSA) is 72.9 Å². The van der Waals surface area contributed by atoms with Gasteiger partial charge in [0.15, 0.2) is 0 Å². The van der Waals surface area contributed by atoms with Crippen molar-refractivity contribution in [2.75, 3.05) is 30.4 Å². The van der Waals surface area contributed by atoms with Crippen LogP contribution in [-0.2, 0) is 11.3 Å². The molecule has 26 heavy (non-hydrogen) atoms. The predicted molar refractivity (Wildman–Crippen MR) is 101 cm³/mol. The molecule has 6 nitrogen and oxygen atoms in total. The second-order valence-electron chi connectivity index (χ2n) is 6.55. The number of likely N-dealkylation sites (tertiary alicyclic amines) is 1. The van der Waals surface area contributed by atoms with E-state index in [1.165, 1.54) is 0 Å². The molecule has 2 N–H and O–H groups in total. The summed E-state index contributed by atoms with van der Waals surface area (Å²) in [6.07, 6.45) is 0.501. The van der Waals surface area contributed by atoms with Gasteiger partial charge < -0.3 is 20.2 Å². The van der Waals surface area contributed by atoms with Gasteiger partial charge in [-0.2, -0.15) is 0 Å². The first-order valence-electron chi connectivity index (χ1n) is 8.67. The van der Waals surface area contributed by atoms with Crippen LogP contribution in [0.4, 0.5) is 16.2 Å². The molecule has 1 aliphatic rings. The first-order valence-corrected chi connectivity index (χ1v) is 8.67. The minimum atomic E-state index is -0.842. The number of para-hydroxylation sites is 2. The summed E-state index contributed by atoms with van der Waals surface area (Å²) in [6.45, 7) is 1.38. The Labute approximate surface area is 153 Å². The summed E-state index contributed by atoms with van der Waals surface area (Å²) in [7, 11) is 2.01. The molecule has 1 atom stereocenters. The molecular formula is C20H23N3O3. The zero-order valence-electron chi connectivity index (χ0n) is 14.8. The maximum atomic E-state index is 12.5. The summed E-state index contributed by atoms with van der Waals surface area (Å²) in [4.78, 5) is 27.3. The number of carboxylic acids is 1. The molecule has 1 aliphatic heterocycles. The molecule has 0 radical (unpaired) electrons. The lowest BCUT2D eigenvalue weighted by atomic mass is 10.1. The highest BCUT2D eigenvalue weighted by Gasteiger charge is 2.31. The number of nitrogens with zero attached hydrogens (tertiary/aromatic N) is 2. The lowest BCUT2D eigenvalue weighted by Gasteiger charge is -2.22. The van der Waals surface area contributed by atoms with Crippen molar-refractivity contribution in [3.05, 3.63) is 60.2 Å². The van der Waals surface area contributed by atoms with Crippen molar-refractivity contribution in [3.8, 4) is 0 Å². The molecule has 2 aromatic rings. The van der Waals surface area contributed by atoms with E-state index in [1.54, 1.807) is 4.90 Å². The maximum absolute atomic E-state index is 12.5. The van der Waals surface area contributed by atoms with E-state index in [4.69, 9.17) is 5.11 Å². The molecule has 1 fully saturated rings. The Bertz CT molecular complexity index is 779. The van der Waals surface area contributed by atoms with Gasteiger partial charge in [0.1, 0.15) is 0 Å². The quantitative estimate of drug-likeness (QED) is 0.865. The molecule has 2 amide bonds. The largest absolute Gasteiger partial charge is 0.481 e. The number of carbonyl (C=O) groups is 2. The fraction of sp³-hybridized carbons (Fsp3) is 0.300. The number of anilines is 2. The summed E-state index contributed by atoms with van der Waals surface area (Å²) < 4.78 is 0. The van der Waals surface area contributed by atoms with Crippen LogP contribution in [-0.4, -0.2) is 42.1 Å². The summed E-state index contributed by atoms with van der Waals surface area (Å²) in [5, 5.41) is 12.0. The molecule has 6 heteroatoms. The molecule has 1 heterocycles. The number of urea groups is 1. The molecule has 0 bridgehead atoms. The zero-order chi connectivity index (χ0) is 18.5. The molecule has 136 valence electrons. The highest BCUT2D eigenvalue weighted by molar-refractivity contribution is 5.91. The van der Waals surface area contributed by atoms with Gasteiger partial charge in [-0.1, -0.05) is 36.4 Å². The molecule has 1 unspecified atom stereocenters. The maximum Gasteiger partial charge on any atom is 0.321 e. The van der Waals surface area contributed by atoms with Crippen LogP contribution in [0, 0.1) is 5.92 Å². The first-order chi connectivity index (χ1) is 12.5. The third-order valence-corrected chi connectivity index (χ3v) is 4.69. The molecular weight excluding hydrogens is 330 g/mol. The van der Waals surface area contributed by atoms with Gasteiger partial charge in [-0.15, -0.1) is 0 Å². The average molecular weight is 353 g/mol. The van der Waals surface area contributed by atoms with Crippen LogP contribution >= 0.6 is 0 Å². The number of hydrogen-bond donors (Lipinski definition) is 2. The van der Waals surface area contributed by atoms with E-state index < -0.39 is 11.9 Å². The number of rotatable bonds is 5. The van der Waals surface area contributed by atoms with E-state index in [0.29, 0.717) is 19.5 Å². The smallest absolute Gasteiger partial charge is 0.321 e. The molecule has 0 aromatic heterocycles. The van der Waals surface area contributed by atoms with E-state index in [1.807, 2.05) is 61.6 Å². The van der Waals surface area contributed by atoms with Gasteiger partial charge in [-0.25, -0.2) is 4.79 Å². The Morgan fingerprint density at radius 3 is 2.54 bits per heavy atom. The molecule has 2 aromatic carbocycles. The summed E-state index contributed by atoms with van der Waals surface area (Å²) >= 11 is 0. The molecule has 1 saturated heterocycles. The van der Waals surface area contributed by atoms with Crippen molar-refractivity contribution >= 4 is 23.4 Å². The van der Waals surface area contributed by atoms with E-state index >= 15 is 0 Å². The zero-order valence-corrected chi connectivity index (χ0v) is 14.8. The number of carbonyl (C=O) groups excluding carboxylic acids is 1. The van der Waals surface area contributed by atoms with Crippen molar-refractivity contribution < 1.29 is 14.7 Å². The van der Waals surface area contributed by atoms with Gasteiger partial charge >= 0.3 is 12.0 Å². The minimum Gasteiger partial charge on any atom is -0.481 e. The summed E-state index contributed by atoms with van der Waals surface area (Å²) in [6, 6.07) is 17.5. The summed E-state index contributed by atoms with van der Waals surface area (Å²) in [5.74, 6) is -1.31. The average Bonchev–Trinajstić information content (AvgIpc) is 3.15. The van der Waals surface area contributed by atoms with Crippen molar-refractivity contribution in [2.45, 2.75) is 13.0 Å². The Balaban J connectivity index is 1.67. The normalized spacial score (nSPS) is 16.3. The van der Waals surface area contributed by atoms with Gasteiger partial charge in [0.25, 0.3) is 0 Å². The van der Waals surface area contributed by atoms with Gasteiger partial charge in [-0.05, 0) is 30.2 Å². The fourth-order valence-electron chi connectivity index (χ4n) is 3.15. The van der Waals surface area contributed by atoms with Gasteiger partial charge in [-0.3, -0.25) is 4.79 Å². The predicted octanol–water partition coefficient (Wildman–Crippen LogP) is 3.26. The van der Waals surface area contributed by atoms with Crippen LogP contribution in [0.15, 0.2) is 54.6 Å². The van der Waals surface area contributed by atoms with Crippen molar-refractivity contribution in [3.63, 3.8) is 0 Å². The third kappa shape index (κ3) is 4.14. The highest BCUT2D eigenvalue weighted by atomic mass is 16.4. The van der Waals surface area contributed by atoms with Gasteiger partial charge in [0.2, 0.25) is 0 Å². The van der Waals surface area contributed by atoms with Crippen LogP contribution in [0.5, 0.6) is 0 Å². The van der Waals surface area contributed by atoms with Crippen LogP contribution in [0.2, 0.25) is 0 Å². The van der Waals surface area contributed by atoms with Crippen molar-refractivity contribution in [1.29, 1.82) is 0 Å². The fourth-order valence-corrected chi connectivity index (χ4v) is 3.15. The minimum absolute atomic E-state index is 0.247. The van der Waals surface area contributed by atoms with E-state index in [-0.39, 0.29) is 12.6 Å². The van der Waals surface area contributed by atoms with Crippen LogP contribution < -0.4 is 10.2 Å². The number of amides is 2. The molecule has 0 aliphatic carbocycles. The van der Waals surface area contributed by atoms with Crippen LogP contribution in [0.3, 0.4) is 0 Å². The third-order valence-electron chi connectivity index (χ3n) is 4.69. The number of hydrogen-bond acceptors (Lipinski definition) is 3. The monoisotopic (exact) mass is 353 g/mol. The van der Waals surface area contributed by atoms with Crippen LogP contribution in [0.25, 0.3) is 0 Å². The second kappa shape index (κ2) is 7.91. The molecule has 0 saturated carbocycles. The van der Waals surface area contributed by atoms with Crippen molar-refractivity contribution in [2.24, 2.45) is 5.92 Å². The standard InChI is InChI=1S/C20H23N3O3/c1-22(17-8-3-2-4-9-17)13-15-7-5-6-10-18(15)21-20(26)23-12-11-16(14-23)19(24)25/h2-10,16H,11-14H2,1H3,(H,21,26)(H,24,25). The highest BCUT2D eigenvalue weighted by Crippen LogP contribution is 2.22. The molecule has 0 spiro atoms. The van der Waals surface area contributed by atoms with Crippen molar-refractivity contribution in [1.82, 2.24) is 4.90 Å². The number of aliphatic carboxylic acids is 1. The molecule has 3 rings (SSSR count). The number of carboxylic acid groups (broad SMARTS) is 1. The van der Waals surface area contributed by atoms with Gasteiger partial charge in [0.05, 0.1) is 5.92 Å². The first kappa shape index (κ1) is 17.8. The van der Waals surface area contributed by atoms with E-state index in [0.717, 1.165) is 16.9 Å². The number of nitrogens with one attached hydrogen (secondary N) is 1. The van der Waals surface area contributed by atoms with E-state index in [2.05, 4.69) is 10.2 Å². The van der Waals surface area contributed by atoms with E-state index in [9.17, 15) is 9.59 Å². The summed E-state index contributed by atoms with van der Waals surface area (Å²) in [5.41, 5.74) is 2.85. The Morgan fingerprint density at radius 2 is 1.85 bits per heavy atom. The Hall–Kier alpha value is -3.02. The Morgan fingerprint density at radius 1 is 1.15 bits per heavy atom. The van der Waals surface area contributed by atoms with Crippen LogP contribution in [0.1, 0.15) is 12.0 Å². The lowest BCUT2D eigenvalue weighted by Crippen LogP contribution is -2.34. The second-order valence-corrected chi connectivity index (χ2v) is 6.55. The van der Waals surface area contributed by atoms with Gasteiger partial charge in [0, 0.05) is 38.1 Å².